The summed E-state index contributed by atoms with van der Waals surface area (Å²) in [5.41, 5.74) is 2.07. The molecule has 0 spiro atoms. The number of fused-ring (bicyclic) bond motifs is 1. The summed E-state index contributed by atoms with van der Waals surface area (Å²) >= 11 is 0. The molecule has 0 aliphatic carbocycles. The minimum Gasteiger partial charge on any atom is -0.307 e. The molecule has 0 bridgehead atoms. The van der Waals surface area contributed by atoms with Crippen molar-refractivity contribution in [3.05, 3.63) is 41.7 Å². The number of hydrogen-bond donors (Lipinski definition) is 1. The van der Waals surface area contributed by atoms with Gasteiger partial charge in [0.1, 0.15) is 11.6 Å². The second kappa shape index (κ2) is 4.17. The average molecular weight is 249 g/mol. The SMILES string of the molecule is C[C@@H]1Cn2ncc(-c3ccc(F)cc3F)c2CN1. The van der Waals surface area contributed by atoms with Gasteiger partial charge in [0.05, 0.1) is 18.4 Å². The van der Waals surface area contributed by atoms with Gasteiger partial charge < -0.3 is 5.32 Å². The maximum absolute atomic E-state index is 13.8. The highest BCUT2D eigenvalue weighted by atomic mass is 19.1. The molecular formula is C13H13F2N3. The topological polar surface area (TPSA) is 29.9 Å². The largest absolute Gasteiger partial charge is 0.307 e. The lowest BCUT2D eigenvalue weighted by molar-refractivity contribution is 0.389. The van der Waals surface area contributed by atoms with E-state index in [0.717, 1.165) is 23.9 Å². The average Bonchev–Trinajstić information content (AvgIpc) is 2.72. The van der Waals surface area contributed by atoms with Crippen LogP contribution in [0.15, 0.2) is 24.4 Å². The molecule has 5 heteroatoms. The summed E-state index contributed by atoms with van der Waals surface area (Å²) in [7, 11) is 0. The molecule has 0 unspecified atom stereocenters. The van der Waals surface area contributed by atoms with Gasteiger partial charge in [0, 0.05) is 29.8 Å². The normalized spacial score (nSPS) is 18.7. The molecule has 0 radical (unpaired) electrons. The number of benzene rings is 1. The molecule has 1 atom stereocenters. The summed E-state index contributed by atoms with van der Waals surface area (Å²) in [5, 5.41) is 7.57. The van der Waals surface area contributed by atoms with Crippen LogP contribution >= 0.6 is 0 Å². The van der Waals surface area contributed by atoms with Crippen molar-refractivity contribution >= 4 is 0 Å². The molecule has 1 aliphatic rings. The molecule has 2 heterocycles. The molecule has 1 N–H and O–H groups in total. The third kappa shape index (κ3) is 1.80. The van der Waals surface area contributed by atoms with Crippen molar-refractivity contribution in [3.63, 3.8) is 0 Å². The second-order valence-electron chi connectivity index (χ2n) is 4.59. The zero-order valence-electron chi connectivity index (χ0n) is 9.95. The molecule has 3 nitrogen and oxygen atoms in total. The van der Waals surface area contributed by atoms with Crippen molar-refractivity contribution in [2.75, 3.05) is 0 Å². The standard InChI is InChI=1S/C13H13F2N3/c1-8-7-18-13(6-16-8)11(5-17-18)10-3-2-9(14)4-12(10)15/h2-5,8,16H,6-7H2,1H3/t8-/m1/s1. The molecule has 1 aromatic carbocycles. The van der Waals surface area contributed by atoms with E-state index in [4.69, 9.17) is 0 Å². The van der Waals surface area contributed by atoms with Crippen LogP contribution in [0.25, 0.3) is 11.1 Å². The zero-order valence-corrected chi connectivity index (χ0v) is 9.95. The minimum absolute atomic E-state index is 0.350. The van der Waals surface area contributed by atoms with Gasteiger partial charge in [-0.2, -0.15) is 5.10 Å². The number of hydrogen-bond acceptors (Lipinski definition) is 2. The van der Waals surface area contributed by atoms with Crippen LogP contribution in [-0.2, 0) is 13.1 Å². The molecule has 1 aromatic heterocycles. The van der Waals surface area contributed by atoms with Crippen LogP contribution in [0, 0.1) is 11.6 Å². The first-order valence-corrected chi connectivity index (χ1v) is 5.88. The van der Waals surface area contributed by atoms with Crippen LogP contribution in [0.2, 0.25) is 0 Å². The maximum Gasteiger partial charge on any atom is 0.134 e. The van der Waals surface area contributed by atoms with Gasteiger partial charge in [0.25, 0.3) is 0 Å². The lowest BCUT2D eigenvalue weighted by Crippen LogP contribution is -2.36. The lowest BCUT2D eigenvalue weighted by Gasteiger charge is -2.22. The van der Waals surface area contributed by atoms with E-state index < -0.39 is 11.6 Å². The van der Waals surface area contributed by atoms with E-state index in [1.165, 1.54) is 12.1 Å². The fourth-order valence-electron chi connectivity index (χ4n) is 2.28. The van der Waals surface area contributed by atoms with Gasteiger partial charge in [0.2, 0.25) is 0 Å². The van der Waals surface area contributed by atoms with Crippen LogP contribution < -0.4 is 5.32 Å². The van der Waals surface area contributed by atoms with Gasteiger partial charge >= 0.3 is 0 Å². The third-order valence-corrected chi connectivity index (χ3v) is 3.23. The van der Waals surface area contributed by atoms with E-state index in [-0.39, 0.29) is 0 Å². The molecule has 0 saturated heterocycles. The Balaban J connectivity index is 2.08. The highest BCUT2D eigenvalue weighted by Crippen LogP contribution is 2.28. The lowest BCUT2D eigenvalue weighted by atomic mass is 10.0. The monoisotopic (exact) mass is 249 g/mol. The van der Waals surface area contributed by atoms with E-state index in [1.807, 2.05) is 4.68 Å². The smallest absolute Gasteiger partial charge is 0.134 e. The molecule has 3 rings (SSSR count). The van der Waals surface area contributed by atoms with Gasteiger partial charge in [-0.1, -0.05) is 0 Å². The predicted octanol–water partition coefficient (Wildman–Crippen LogP) is 2.32. The summed E-state index contributed by atoms with van der Waals surface area (Å²) in [5.74, 6) is -1.12. The van der Waals surface area contributed by atoms with Crippen LogP contribution in [0.1, 0.15) is 12.6 Å². The van der Waals surface area contributed by atoms with Gasteiger partial charge in [0.15, 0.2) is 0 Å². The number of aromatic nitrogens is 2. The van der Waals surface area contributed by atoms with Crippen LogP contribution in [0.4, 0.5) is 8.78 Å². The van der Waals surface area contributed by atoms with Crippen molar-refractivity contribution < 1.29 is 8.78 Å². The van der Waals surface area contributed by atoms with E-state index in [0.29, 0.717) is 18.2 Å². The Morgan fingerprint density at radius 3 is 2.94 bits per heavy atom. The fraction of sp³-hybridized carbons (Fsp3) is 0.308. The van der Waals surface area contributed by atoms with E-state index in [9.17, 15) is 8.78 Å². The number of nitrogens with zero attached hydrogens (tertiary/aromatic N) is 2. The number of nitrogens with one attached hydrogen (secondary N) is 1. The van der Waals surface area contributed by atoms with E-state index in [2.05, 4.69) is 17.3 Å². The van der Waals surface area contributed by atoms with Crippen LogP contribution in [0.5, 0.6) is 0 Å². The Morgan fingerprint density at radius 2 is 2.17 bits per heavy atom. The number of rotatable bonds is 1. The molecule has 1 aliphatic heterocycles. The molecule has 0 amide bonds. The van der Waals surface area contributed by atoms with Crippen LogP contribution in [-0.4, -0.2) is 15.8 Å². The highest BCUT2D eigenvalue weighted by molar-refractivity contribution is 5.66. The van der Waals surface area contributed by atoms with Crippen LogP contribution in [0.3, 0.4) is 0 Å². The third-order valence-electron chi connectivity index (χ3n) is 3.23. The fourth-order valence-corrected chi connectivity index (χ4v) is 2.28. The summed E-state index contributed by atoms with van der Waals surface area (Å²) < 4.78 is 28.5. The summed E-state index contributed by atoms with van der Waals surface area (Å²) in [6.45, 7) is 3.48. The van der Waals surface area contributed by atoms with E-state index >= 15 is 0 Å². The van der Waals surface area contributed by atoms with Gasteiger partial charge in [-0.3, -0.25) is 4.68 Å². The minimum atomic E-state index is -0.566. The Kier molecular flexibility index (Phi) is 2.63. The van der Waals surface area contributed by atoms with Gasteiger partial charge in [-0.15, -0.1) is 0 Å². The quantitative estimate of drug-likeness (QED) is 0.840. The zero-order chi connectivity index (χ0) is 12.7. The van der Waals surface area contributed by atoms with Gasteiger partial charge in [-0.25, -0.2) is 8.78 Å². The number of halogens is 2. The van der Waals surface area contributed by atoms with E-state index in [1.54, 1.807) is 6.20 Å². The Bertz CT molecular complexity index is 592. The van der Waals surface area contributed by atoms with Crippen molar-refractivity contribution in [3.8, 4) is 11.1 Å². The molecule has 2 aromatic rings. The molecule has 0 fully saturated rings. The summed E-state index contributed by atoms with van der Waals surface area (Å²) in [6.07, 6.45) is 1.64. The first-order chi connectivity index (χ1) is 8.65. The summed E-state index contributed by atoms with van der Waals surface area (Å²) in [4.78, 5) is 0. The van der Waals surface area contributed by atoms with Crippen molar-refractivity contribution in [2.45, 2.75) is 26.1 Å². The van der Waals surface area contributed by atoms with Crippen molar-refractivity contribution in [2.24, 2.45) is 0 Å². The Morgan fingerprint density at radius 1 is 1.33 bits per heavy atom. The van der Waals surface area contributed by atoms with Gasteiger partial charge in [-0.05, 0) is 19.1 Å². The second-order valence-corrected chi connectivity index (χ2v) is 4.59. The first-order valence-electron chi connectivity index (χ1n) is 5.88. The first kappa shape index (κ1) is 11.3. The molecule has 18 heavy (non-hydrogen) atoms. The molecular weight excluding hydrogens is 236 g/mol. The van der Waals surface area contributed by atoms with Crippen molar-refractivity contribution in [1.82, 2.24) is 15.1 Å². The highest BCUT2D eigenvalue weighted by Gasteiger charge is 2.20. The molecule has 94 valence electrons. The Hall–Kier alpha value is -1.75. The maximum atomic E-state index is 13.8. The molecule has 0 saturated carbocycles. The summed E-state index contributed by atoms with van der Waals surface area (Å²) in [6, 6.07) is 3.98. The predicted molar refractivity (Wildman–Crippen MR) is 63.9 cm³/mol. The van der Waals surface area contributed by atoms with Crippen molar-refractivity contribution in [1.29, 1.82) is 0 Å². The Labute approximate surface area is 103 Å².